The first-order valence-electron chi connectivity index (χ1n) is 3.82. The fraction of sp³-hybridized carbons (Fsp3) is 0.222. The minimum atomic E-state index is -0.989. The van der Waals surface area contributed by atoms with E-state index in [1.807, 2.05) is 0 Å². The van der Waals surface area contributed by atoms with Gasteiger partial charge in [-0.05, 0) is 17.7 Å². The summed E-state index contributed by atoms with van der Waals surface area (Å²) in [6.45, 7) is 0. The summed E-state index contributed by atoms with van der Waals surface area (Å²) in [4.78, 5) is 10.3. The molecule has 1 aromatic carbocycles. The second kappa shape index (κ2) is 5.57. The van der Waals surface area contributed by atoms with Gasteiger partial charge in [0, 0.05) is 6.04 Å². The van der Waals surface area contributed by atoms with Crippen LogP contribution in [0.25, 0.3) is 0 Å². The summed E-state index contributed by atoms with van der Waals surface area (Å²) < 4.78 is 12.7. The molecule has 0 unspecified atom stereocenters. The summed E-state index contributed by atoms with van der Waals surface area (Å²) in [5, 5.41) is 8.44. The van der Waals surface area contributed by atoms with Crippen molar-refractivity contribution in [2.45, 2.75) is 12.5 Å². The lowest BCUT2D eigenvalue weighted by molar-refractivity contribution is -0.137. The van der Waals surface area contributed by atoms with Crippen LogP contribution in [0.4, 0.5) is 4.39 Å². The smallest absolute Gasteiger partial charge is 0.305 e. The SMILES string of the molecule is Cl.N[C@H](CC(=O)O)c1cccc(F)c1. The third-order valence-corrected chi connectivity index (χ3v) is 1.67. The van der Waals surface area contributed by atoms with E-state index in [2.05, 4.69) is 0 Å². The van der Waals surface area contributed by atoms with Crippen molar-refractivity contribution in [1.82, 2.24) is 0 Å². The number of hydrogen-bond donors (Lipinski definition) is 2. The predicted molar refractivity (Wildman–Crippen MR) is 52.8 cm³/mol. The van der Waals surface area contributed by atoms with Gasteiger partial charge in [-0.1, -0.05) is 12.1 Å². The molecule has 3 N–H and O–H groups in total. The Bertz CT molecular complexity index is 319. The molecular weight excluding hydrogens is 209 g/mol. The molecule has 0 aliphatic carbocycles. The molecule has 1 rings (SSSR count). The van der Waals surface area contributed by atoms with E-state index in [0.29, 0.717) is 5.56 Å². The molecule has 3 nitrogen and oxygen atoms in total. The highest BCUT2D eigenvalue weighted by atomic mass is 35.5. The van der Waals surface area contributed by atoms with Crippen LogP contribution in [0.2, 0.25) is 0 Å². The highest BCUT2D eigenvalue weighted by molar-refractivity contribution is 5.85. The number of carbonyl (C=O) groups is 1. The highest BCUT2D eigenvalue weighted by Crippen LogP contribution is 2.14. The van der Waals surface area contributed by atoms with E-state index < -0.39 is 17.8 Å². The number of carboxylic acids is 1. The Kier molecular flexibility index (Phi) is 5.12. The lowest BCUT2D eigenvalue weighted by Gasteiger charge is -2.08. The quantitative estimate of drug-likeness (QED) is 0.814. The van der Waals surface area contributed by atoms with Crippen LogP contribution in [0.5, 0.6) is 0 Å². The molecule has 0 spiro atoms. The van der Waals surface area contributed by atoms with E-state index in [1.54, 1.807) is 6.07 Å². The van der Waals surface area contributed by atoms with Crippen LogP contribution in [-0.4, -0.2) is 11.1 Å². The number of carboxylic acid groups (broad SMARTS) is 1. The maximum Gasteiger partial charge on any atom is 0.305 e. The summed E-state index contributed by atoms with van der Waals surface area (Å²) in [6.07, 6.45) is -0.191. The lowest BCUT2D eigenvalue weighted by atomic mass is 10.1. The Balaban J connectivity index is 0.00000169. The van der Waals surface area contributed by atoms with Gasteiger partial charge in [-0.15, -0.1) is 12.4 Å². The largest absolute Gasteiger partial charge is 0.481 e. The molecule has 78 valence electrons. The van der Waals surface area contributed by atoms with Gasteiger partial charge in [-0.3, -0.25) is 4.79 Å². The van der Waals surface area contributed by atoms with Crippen LogP contribution in [0.1, 0.15) is 18.0 Å². The van der Waals surface area contributed by atoms with Crippen molar-refractivity contribution in [1.29, 1.82) is 0 Å². The fourth-order valence-corrected chi connectivity index (χ4v) is 1.04. The molecule has 1 atom stereocenters. The van der Waals surface area contributed by atoms with Gasteiger partial charge in [-0.2, -0.15) is 0 Å². The summed E-state index contributed by atoms with van der Waals surface area (Å²) in [5.41, 5.74) is 6.02. The zero-order chi connectivity index (χ0) is 9.84. The molecule has 0 aliphatic heterocycles. The second-order valence-corrected chi connectivity index (χ2v) is 2.76. The average Bonchev–Trinajstić information content (AvgIpc) is 2.03. The number of nitrogens with two attached hydrogens (primary N) is 1. The third kappa shape index (κ3) is 3.72. The first-order valence-corrected chi connectivity index (χ1v) is 3.82. The summed E-state index contributed by atoms with van der Waals surface area (Å²) in [6, 6.07) is 5.00. The number of hydrogen-bond acceptors (Lipinski definition) is 2. The van der Waals surface area contributed by atoms with Crippen LogP contribution < -0.4 is 5.73 Å². The summed E-state index contributed by atoms with van der Waals surface area (Å²) in [7, 11) is 0. The van der Waals surface area contributed by atoms with Crippen LogP contribution in [0.15, 0.2) is 24.3 Å². The Labute approximate surface area is 87.1 Å². The van der Waals surface area contributed by atoms with E-state index in [4.69, 9.17) is 10.8 Å². The molecular formula is C9H11ClFNO2. The molecule has 0 amide bonds. The lowest BCUT2D eigenvalue weighted by Crippen LogP contribution is -2.14. The van der Waals surface area contributed by atoms with Gasteiger partial charge in [0.1, 0.15) is 5.82 Å². The monoisotopic (exact) mass is 219 g/mol. The molecule has 0 fully saturated rings. The van der Waals surface area contributed by atoms with Gasteiger partial charge in [0.2, 0.25) is 0 Å². The zero-order valence-corrected chi connectivity index (χ0v) is 8.13. The molecule has 0 heterocycles. The topological polar surface area (TPSA) is 63.3 Å². The van der Waals surface area contributed by atoms with Crippen molar-refractivity contribution in [3.63, 3.8) is 0 Å². The predicted octanol–water partition coefficient (Wildman–Crippen LogP) is 1.72. The maximum absolute atomic E-state index is 12.7. The molecule has 0 radical (unpaired) electrons. The molecule has 1 aromatic rings. The average molecular weight is 220 g/mol. The van der Waals surface area contributed by atoms with E-state index in [0.717, 1.165) is 0 Å². The standard InChI is InChI=1S/C9H10FNO2.ClH/c10-7-3-1-2-6(4-7)8(11)5-9(12)13;/h1-4,8H,5,11H2,(H,12,13);1H/t8-;/m1./s1. The van der Waals surface area contributed by atoms with Crippen molar-refractivity contribution < 1.29 is 14.3 Å². The Morgan fingerprint density at radius 3 is 2.71 bits per heavy atom. The third-order valence-electron chi connectivity index (χ3n) is 1.67. The molecule has 0 saturated carbocycles. The van der Waals surface area contributed by atoms with E-state index in [-0.39, 0.29) is 18.8 Å². The normalized spacial score (nSPS) is 11.6. The van der Waals surface area contributed by atoms with Crippen LogP contribution in [-0.2, 0) is 4.79 Å². The van der Waals surface area contributed by atoms with Crippen molar-refractivity contribution in [3.05, 3.63) is 35.6 Å². The number of rotatable bonds is 3. The van der Waals surface area contributed by atoms with Crippen molar-refractivity contribution in [3.8, 4) is 0 Å². The first-order chi connectivity index (χ1) is 6.09. The Morgan fingerprint density at radius 1 is 1.57 bits per heavy atom. The van der Waals surface area contributed by atoms with Crippen LogP contribution >= 0.6 is 12.4 Å². The van der Waals surface area contributed by atoms with Crippen molar-refractivity contribution in [2.75, 3.05) is 0 Å². The van der Waals surface area contributed by atoms with E-state index >= 15 is 0 Å². The van der Waals surface area contributed by atoms with Crippen LogP contribution in [0, 0.1) is 5.82 Å². The maximum atomic E-state index is 12.7. The van der Waals surface area contributed by atoms with Crippen LogP contribution in [0.3, 0.4) is 0 Å². The summed E-state index contributed by atoms with van der Waals surface area (Å²) in [5.74, 6) is -1.39. The molecule has 14 heavy (non-hydrogen) atoms. The van der Waals surface area contributed by atoms with Gasteiger partial charge < -0.3 is 10.8 Å². The van der Waals surface area contributed by atoms with Crippen molar-refractivity contribution in [2.24, 2.45) is 5.73 Å². The van der Waals surface area contributed by atoms with E-state index in [1.165, 1.54) is 18.2 Å². The molecule has 0 aliphatic rings. The van der Waals surface area contributed by atoms with Gasteiger partial charge in [-0.25, -0.2) is 4.39 Å². The molecule has 0 bridgehead atoms. The van der Waals surface area contributed by atoms with Crippen molar-refractivity contribution >= 4 is 18.4 Å². The highest BCUT2D eigenvalue weighted by Gasteiger charge is 2.10. The van der Waals surface area contributed by atoms with Gasteiger partial charge in [0.25, 0.3) is 0 Å². The molecule has 0 saturated heterocycles. The zero-order valence-electron chi connectivity index (χ0n) is 7.31. The fourth-order valence-electron chi connectivity index (χ4n) is 1.04. The number of halogens is 2. The Hall–Kier alpha value is -1.13. The molecule has 5 heteroatoms. The van der Waals surface area contributed by atoms with E-state index in [9.17, 15) is 9.18 Å². The number of benzene rings is 1. The Morgan fingerprint density at radius 2 is 2.21 bits per heavy atom. The second-order valence-electron chi connectivity index (χ2n) is 2.76. The minimum absolute atomic E-state index is 0. The van der Waals surface area contributed by atoms with Gasteiger partial charge in [0.05, 0.1) is 6.42 Å². The minimum Gasteiger partial charge on any atom is -0.481 e. The summed E-state index contributed by atoms with van der Waals surface area (Å²) >= 11 is 0. The first kappa shape index (κ1) is 12.9. The van der Waals surface area contributed by atoms with Gasteiger partial charge >= 0.3 is 5.97 Å². The number of aliphatic carboxylic acids is 1. The van der Waals surface area contributed by atoms with Gasteiger partial charge in [0.15, 0.2) is 0 Å². The molecule has 0 aromatic heterocycles.